The van der Waals surface area contributed by atoms with Gasteiger partial charge in [0.15, 0.2) is 0 Å². The second-order valence-electron chi connectivity index (χ2n) is 2.94. The Morgan fingerprint density at radius 1 is 1.29 bits per heavy atom. The first-order valence-corrected chi connectivity index (χ1v) is 4.46. The Bertz CT molecular complexity index is 197. The molecular formula is C9H17NO4. The molecule has 0 spiro atoms. The first-order valence-electron chi connectivity index (χ1n) is 4.46. The van der Waals surface area contributed by atoms with E-state index in [0.717, 1.165) is 0 Å². The topological polar surface area (TPSA) is 81.0 Å². The van der Waals surface area contributed by atoms with Crippen LogP contribution in [0.4, 0.5) is 0 Å². The van der Waals surface area contributed by atoms with Gasteiger partial charge in [0.05, 0.1) is 13.2 Å². The Balaban J connectivity index is 4.02. The van der Waals surface area contributed by atoms with E-state index in [1.165, 1.54) is 6.92 Å². The fraction of sp³-hybridized carbons (Fsp3) is 0.667. The highest BCUT2D eigenvalue weighted by molar-refractivity contribution is 5.85. The number of nitrogens with zero attached hydrogens (tertiary/aromatic N) is 1. The van der Waals surface area contributed by atoms with Crippen LogP contribution >= 0.6 is 0 Å². The molecule has 5 nitrogen and oxygen atoms in total. The molecule has 82 valence electrons. The lowest BCUT2D eigenvalue weighted by Gasteiger charge is -2.17. The van der Waals surface area contributed by atoms with Gasteiger partial charge in [-0.25, -0.2) is 4.79 Å². The lowest BCUT2D eigenvalue weighted by Crippen LogP contribution is -2.30. The number of aliphatic hydroxyl groups excluding tert-OH is 2. The highest BCUT2D eigenvalue weighted by Gasteiger charge is 2.03. The second kappa shape index (κ2) is 7.49. The second-order valence-corrected chi connectivity index (χ2v) is 2.94. The maximum absolute atomic E-state index is 10.4. The lowest BCUT2D eigenvalue weighted by molar-refractivity contribution is -0.132. The largest absolute Gasteiger partial charge is 0.478 e. The molecule has 0 bridgehead atoms. The van der Waals surface area contributed by atoms with Crippen molar-refractivity contribution >= 4 is 5.97 Å². The molecule has 0 unspecified atom stereocenters. The third-order valence-electron chi connectivity index (χ3n) is 1.83. The van der Waals surface area contributed by atoms with E-state index in [1.807, 2.05) is 0 Å². The van der Waals surface area contributed by atoms with Gasteiger partial charge in [0.1, 0.15) is 0 Å². The Hall–Kier alpha value is -0.910. The average Bonchev–Trinajstić information content (AvgIpc) is 2.14. The molecule has 0 aromatic carbocycles. The zero-order chi connectivity index (χ0) is 11.0. The summed E-state index contributed by atoms with van der Waals surface area (Å²) >= 11 is 0. The van der Waals surface area contributed by atoms with Crippen molar-refractivity contribution < 1.29 is 20.1 Å². The van der Waals surface area contributed by atoms with Gasteiger partial charge in [0.2, 0.25) is 0 Å². The number of carboxylic acids is 1. The molecule has 0 saturated carbocycles. The summed E-state index contributed by atoms with van der Waals surface area (Å²) in [5.74, 6) is -0.946. The summed E-state index contributed by atoms with van der Waals surface area (Å²) < 4.78 is 0. The number of carboxylic acid groups (broad SMARTS) is 1. The Kier molecular flexibility index (Phi) is 7.00. The first-order chi connectivity index (χ1) is 6.61. The summed E-state index contributed by atoms with van der Waals surface area (Å²) in [6.45, 7) is 2.81. The summed E-state index contributed by atoms with van der Waals surface area (Å²) in [5, 5.41) is 25.9. The number of carbonyl (C=O) groups is 1. The maximum atomic E-state index is 10.4. The quantitative estimate of drug-likeness (QED) is 0.477. The molecule has 0 atom stereocenters. The normalized spacial score (nSPS) is 12.1. The van der Waals surface area contributed by atoms with Gasteiger partial charge >= 0.3 is 5.97 Å². The number of aliphatic hydroxyl groups is 2. The van der Waals surface area contributed by atoms with E-state index in [2.05, 4.69) is 0 Å². The third-order valence-corrected chi connectivity index (χ3v) is 1.83. The van der Waals surface area contributed by atoms with E-state index in [9.17, 15) is 4.79 Å². The Labute approximate surface area is 83.3 Å². The maximum Gasteiger partial charge on any atom is 0.330 e. The Morgan fingerprint density at radius 3 is 2.14 bits per heavy atom. The Morgan fingerprint density at radius 2 is 1.79 bits per heavy atom. The van der Waals surface area contributed by atoms with Gasteiger partial charge in [-0.3, -0.25) is 4.90 Å². The highest BCUT2D eigenvalue weighted by atomic mass is 16.4. The van der Waals surface area contributed by atoms with Crippen molar-refractivity contribution in [1.82, 2.24) is 4.90 Å². The van der Waals surface area contributed by atoms with Crippen LogP contribution in [-0.2, 0) is 4.79 Å². The summed E-state index contributed by atoms with van der Waals surface area (Å²) in [6, 6.07) is 0. The molecule has 0 radical (unpaired) electrons. The molecular weight excluding hydrogens is 186 g/mol. The van der Waals surface area contributed by atoms with Crippen molar-refractivity contribution in [3.63, 3.8) is 0 Å². The molecule has 0 aliphatic carbocycles. The number of hydrogen-bond donors (Lipinski definition) is 3. The zero-order valence-electron chi connectivity index (χ0n) is 8.31. The number of rotatable bonds is 7. The number of aliphatic carboxylic acids is 1. The summed E-state index contributed by atoms with van der Waals surface area (Å²) in [5.41, 5.74) is 0.269. The average molecular weight is 203 g/mol. The van der Waals surface area contributed by atoms with Crippen molar-refractivity contribution in [3.8, 4) is 0 Å². The minimum absolute atomic E-state index is 0.0000406. The monoisotopic (exact) mass is 203 g/mol. The van der Waals surface area contributed by atoms with Gasteiger partial charge in [0, 0.05) is 25.2 Å². The molecule has 0 aromatic heterocycles. The molecule has 0 fully saturated rings. The van der Waals surface area contributed by atoms with E-state index >= 15 is 0 Å². The van der Waals surface area contributed by atoms with Crippen molar-refractivity contribution in [3.05, 3.63) is 11.6 Å². The van der Waals surface area contributed by atoms with Crippen LogP contribution in [0.3, 0.4) is 0 Å². The lowest BCUT2D eigenvalue weighted by atomic mass is 10.3. The van der Waals surface area contributed by atoms with Crippen molar-refractivity contribution in [1.29, 1.82) is 0 Å². The van der Waals surface area contributed by atoms with Crippen LogP contribution < -0.4 is 0 Å². The zero-order valence-corrected chi connectivity index (χ0v) is 8.31. The molecule has 0 amide bonds. The van der Waals surface area contributed by atoms with Crippen LogP contribution in [0.5, 0.6) is 0 Å². The van der Waals surface area contributed by atoms with Gasteiger partial charge in [-0.15, -0.1) is 0 Å². The summed E-state index contributed by atoms with van der Waals surface area (Å²) in [6.07, 6.45) is 1.56. The first kappa shape index (κ1) is 13.1. The summed E-state index contributed by atoms with van der Waals surface area (Å²) in [4.78, 5) is 12.2. The van der Waals surface area contributed by atoms with E-state index in [-0.39, 0.29) is 18.8 Å². The molecule has 0 aliphatic rings. The van der Waals surface area contributed by atoms with Crippen molar-refractivity contribution in [2.45, 2.75) is 6.92 Å². The highest BCUT2D eigenvalue weighted by Crippen LogP contribution is 1.95. The SMILES string of the molecule is CC(=CCN(CCO)CCO)C(=O)O. The summed E-state index contributed by atoms with van der Waals surface area (Å²) in [7, 11) is 0. The van der Waals surface area contributed by atoms with E-state index in [4.69, 9.17) is 15.3 Å². The standard InChI is InChI=1S/C9H17NO4/c1-8(9(13)14)2-3-10(4-6-11)5-7-12/h2,11-12H,3-7H2,1H3,(H,13,14). The van der Waals surface area contributed by atoms with Crippen molar-refractivity contribution in [2.75, 3.05) is 32.8 Å². The van der Waals surface area contributed by atoms with E-state index in [0.29, 0.717) is 19.6 Å². The molecule has 0 rings (SSSR count). The van der Waals surface area contributed by atoms with Crippen LogP contribution in [0, 0.1) is 0 Å². The fourth-order valence-corrected chi connectivity index (χ4v) is 0.931. The predicted molar refractivity (Wildman–Crippen MR) is 52.0 cm³/mol. The van der Waals surface area contributed by atoms with Gasteiger partial charge in [-0.2, -0.15) is 0 Å². The van der Waals surface area contributed by atoms with Crippen LogP contribution in [0.1, 0.15) is 6.92 Å². The van der Waals surface area contributed by atoms with Gasteiger partial charge in [0.25, 0.3) is 0 Å². The van der Waals surface area contributed by atoms with Gasteiger partial charge < -0.3 is 15.3 Å². The van der Waals surface area contributed by atoms with Crippen LogP contribution in [0.25, 0.3) is 0 Å². The van der Waals surface area contributed by atoms with Crippen molar-refractivity contribution in [2.24, 2.45) is 0 Å². The van der Waals surface area contributed by atoms with Crippen LogP contribution in [0.15, 0.2) is 11.6 Å². The molecule has 0 heterocycles. The molecule has 0 saturated heterocycles. The fourth-order valence-electron chi connectivity index (χ4n) is 0.931. The molecule has 5 heteroatoms. The molecule has 14 heavy (non-hydrogen) atoms. The van der Waals surface area contributed by atoms with Crippen LogP contribution in [-0.4, -0.2) is 59.0 Å². The number of hydrogen-bond acceptors (Lipinski definition) is 4. The van der Waals surface area contributed by atoms with Gasteiger partial charge in [-0.1, -0.05) is 6.08 Å². The minimum atomic E-state index is -0.946. The molecule has 3 N–H and O–H groups in total. The molecule has 0 aliphatic heterocycles. The third kappa shape index (κ3) is 5.69. The van der Waals surface area contributed by atoms with Gasteiger partial charge in [-0.05, 0) is 6.92 Å². The van der Waals surface area contributed by atoms with E-state index in [1.54, 1.807) is 11.0 Å². The smallest absolute Gasteiger partial charge is 0.330 e. The minimum Gasteiger partial charge on any atom is -0.478 e. The predicted octanol–water partition coefficient (Wildman–Crippen LogP) is -0.696. The molecule has 0 aromatic rings. The van der Waals surface area contributed by atoms with E-state index < -0.39 is 5.97 Å². The van der Waals surface area contributed by atoms with Crippen LogP contribution in [0.2, 0.25) is 0 Å².